The van der Waals surface area contributed by atoms with Crippen LogP contribution in [0.2, 0.25) is 0 Å². The van der Waals surface area contributed by atoms with Gasteiger partial charge in [-0.15, -0.1) is 0 Å². The Morgan fingerprint density at radius 2 is 1.79 bits per heavy atom. The molecule has 2 nitrogen and oxygen atoms in total. The van der Waals surface area contributed by atoms with Gasteiger partial charge in [-0.1, -0.05) is 34.1 Å². The molecular formula is C15H16BrFN2. The number of nitrogens with zero attached hydrogens (tertiary/aromatic N) is 1. The van der Waals surface area contributed by atoms with Gasteiger partial charge in [-0.2, -0.15) is 0 Å². The molecule has 0 saturated carbocycles. The van der Waals surface area contributed by atoms with E-state index in [1.165, 1.54) is 11.6 Å². The standard InChI is InChI=1S/C15H16BrFN2/c1-19(9-11-3-2-4-13(16)7-11)10-12-5-6-15(18)14(17)8-12/h2-8H,9-10,18H2,1H3. The Bertz CT molecular complexity index is 572. The summed E-state index contributed by atoms with van der Waals surface area (Å²) < 4.78 is 14.4. The number of benzene rings is 2. The van der Waals surface area contributed by atoms with Crippen molar-refractivity contribution in [2.45, 2.75) is 13.1 Å². The van der Waals surface area contributed by atoms with Crippen molar-refractivity contribution in [2.75, 3.05) is 12.8 Å². The van der Waals surface area contributed by atoms with Crippen LogP contribution in [-0.4, -0.2) is 11.9 Å². The second-order valence-corrected chi connectivity index (χ2v) is 5.57. The van der Waals surface area contributed by atoms with Gasteiger partial charge < -0.3 is 5.73 Å². The highest BCUT2D eigenvalue weighted by Gasteiger charge is 2.05. The van der Waals surface area contributed by atoms with Gasteiger partial charge >= 0.3 is 0 Å². The van der Waals surface area contributed by atoms with E-state index in [-0.39, 0.29) is 11.5 Å². The molecule has 0 amide bonds. The Morgan fingerprint density at radius 3 is 2.42 bits per heavy atom. The van der Waals surface area contributed by atoms with Crippen molar-refractivity contribution in [1.82, 2.24) is 4.90 Å². The zero-order chi connectivity index (χ0) is 13.8. The Kier molecular flexibility index (Phi) is 4.56. The average molecular weight is 323 g/mol. The molecular weight excluding hydrogens is 307 g/mol. The molecule has 0 unspecified atom stereocenters. The minimum absolute atomic E-state index is 0.193. The number of nitrogens with two attached hydrogens (primary N) is 1. The normalized spacial score (nSPS) is 10.9. The van der Waals surface area contributed by atoms with E-state index < -0.39 is 0 Å². The first-order chi connectivity index (χ1) is 9.04. The Morgan fingerprint density at radius 1 is 1.11 bits per heavy atom. The fourth-order valence-electron chi connectivity index (χ4n) is 1.98. The van der Waals surface area contributed by atoms with E-state index in [0.717, 1.165) is 16.6 Å². The van der Waals surface area contributed by atoms with Crippen molar-refractivity contribution in [1.29, 1.82) is 0 Å². The largest absolute Gasteiger partial charge is 0.396 e. The van der Waals surface area contributed by atoms with Gasteiger partial charge in [0.2, 0.25) is 0 Å². The van der Waals surface area contributed by atoms with Crippen LogP contribution in [0.3, 0.4) is 0 Å². The number of nitrogen functional groups attached to an aromatic ring is 1. The predicted octanol–water partition coefficient (Wildman–Crippen LogP) is 3.80. The van der Waals surface area contributed by atoms with Gasteiger partial charge in [-0.25, -0.2) is 4.39 Å². The zero-order valence-electron chi connectivity index (χ0n) is 10.7. The van der Waals surface area contributed by atoms with Crippen LogP contribution in [0.4, 0.5) is 10.1 Å². The van der Waals surface area contributed by atoms with Crippen LogP contribution < -0.4 is 5.73 Å². The molecule has 0 bridgehead atoms. The SMILES string of the molecule is CN(Cc1cccc(Br)c1)Cc1ccc(N)c(F)c1. The highest BCUT2D eigenvalue weighted by molar-refractivity contribution is 9.10. The lowest BCUT2D eigenvalue weighted by atomic mass is 10.1. The molecule has 2 N–H and O–H groups in total. The second kappa shape index (κ2) is 6.17. The average Bonchev–Trinajstić information content (AvgIpc) is 2.34. The Labute approximate surface area is 121 Å². The summed E-state index contributed by atoms with van der Waals surface area (Å²) in [6, 6.07) is 13.1. The van der Waals surface area contributed by atoms with E-state index in [9.17, 15) is 4.39 Å². The fourth-order valence-corrected chi connectivity index (χ4v) is 2.43. The lowest BCUT2D eigenvalue weighted by Gasteiger charge is -2.17. The van der Waals surface area contributed by atoms with E-state index in [4.69, 9.17) is 5.73 Å². The van der Waals surface area contributed by atoms with Crippen molar-refractivity contribution in [3.63, 3.8) is 0 Å². The lowest BCUT2D eigenvalue weighted by molar-refractivity contribution is 0.318. The molecule has 2 aromatic carbocycles. The molecule has 100 valence electrons. The van der Waals surface area contributed by atoms with Crippen LogP contribution in [-0.2, 0) is 13.1 Å². The first kappa shape index (κ1) is 14.0. The van der Waals surface area contributed by atoms with Crippen molar-refractivity contribution < 1.29 is 4.39 Å². The molecule has 0 atom stereocenters. The molecule has 0 saturated heterocycles. The van der Waals surface area contributed by atoms with Gasteiger partial charge in [0.1, 0.15) is 5.82 Å². The predicted molar refractivity (Wildman–Crippen MR) is 80.1 cm³/mol. The Balaban J connectivity index is 2.01. The molecule has 0 aliphatic carbocycles. The topological polar surface area (TPSA) is 29.3 Å². The number of anilines is 1. The second-order valence-electron chi connectivity index (χ2n) is 4.66. The third-order valence-corrected chi connectivity index (χ3v) is 3.35. The van der Waals surface area contributed by atoms with Gasteiger partial charge in [0.15, 0.2) is 0 Å². The van der Waals surface area contributed by atoms with Gasteiger partial charge in [-0.05, 0) is 42.4 Å². The van der Waals surface area contributed by atoms with Crippen LogP contribution in [0.15, 0.2) is 46.9 Å². The molecule has 2 rings (SSSR count). The minimum Gasteiger partial charge on any atom is -0.396 e. The van der Waals surface area contributed by atoms with Crippen molar-refractivity contribution in [3.05, 3.63) is 63.9 Å². The quantitative estimate of drug-likeness (QED) is 0.867. The van der Waals surface area contributed by atoms with Crippen molar-refractivity contribution >= 4 is 21.6 Å². The summed E-state index contributed by atoms with van der Waals surface area (Å²) in [6.07, 6.45) is 0. The monoisotopic (exact) mass is 322 g/mol. The first-order valence-electron chi connectivity index (χ1n) is 6.01. The highest BCUT2D eigenvalue weighted by atomic mass is 79.9. The van der Waals surface area contributed by atoms with Crippen molar-refractivity contribution in [2.24, 2.45) is 0 Å². The summed E-state index contributed by atoms with van der Waals surface area (Å²) in [5.41, 5.74) is 7.79. The van der Waals surface area contributed by atoms with Gasteiger partial charge in [0.05, 0.1) is 5.69 Å². The molecule has 0 aliphatic heterocycles. The molecule has 0 aromatic heterocycles. The van der Waals surface area contributed by atoms with E-state index in [1.807, 2.05) is 25.2 Å². The van der Waals surface area contributed by atoms with Crippen LogP contribution in [0.1, 0.15) is 11.1 Å². The number of rotatable bonds is 4. The Hall–Kier alpha value is -1.39. The van der Waals surface area contributed by atoms with Crippen LogP contribution in [0, 0.1) is 5.82 Å². The van der Waals surface area contributed by atoms with Crippen LogP contribution >= 0.6 is 15.9 Å². The summed E-state index contributed by atoms with van der Waals surface area (Å²) >= 11 is 3.45. The summed E-state index contributed by atoms with van der Waals surface area (Å²) in [4.78, 5) is 2.13. The van der Waals surface area contributed by atoms with Gasteiger partial charge in [0, 0.05) is 17.6 Å². The summed E-state index contributed by atoms with van der Waals surface area (Å²) in [5, 5.41) is 0. The van der Waals surface area contributed by atoms with Crippen molar-refractivity contribution in [3.8, 4) is 0 Å². The molecule has 0 aliphatic rings. The van der Waals surface area contributed by atoms with E-state index >= 15 is 0 Å². The van der Waals surface area contributed by atoms with E-state index in [1.54, 1.807) is 6.07 Å². The summed E-state index contributed by atoms with van der Waals surface area (Å²) in [5.74, 6) is -0.353. The van der Waals surface area contributed by atoms with Crippen LogP contribution in [0.5, 0.6) is 0 Å². The maximum Gasteiger partial charge on any atom is 0.146 e. The van der Waals surface area contributed by atoms with Gasteiger partial charge in [0.25, 0.3) is 0 Å². The maximum absolute atomic E-state index is 13.4. The third kappa shape index (κ3) is 4.04. The molecule has 0 fully saturated rings. The summed E-state index contributed by atoms with van der Waals surface area (Å²) in [7, 11) is 2.01. The van der Waals surface area contributed by atoms with E-state index in [0.29, 0.717) is 6.54 Å². The maximum atomic E-state index is 13.4. The lowest BCUT2D eigenvalue weighted by Crippen LogP contribution is -2.17. The zero-order valence-corrected chi connectivity index (χ0v) is 12.3. The molecule has 19 heavy (non-hydrogen) atoms. The molecule has 0 spiro atoms. The summed E-state index contributed by atoms with van der Waals surface area (Å²) in [6.45, 7) is 1.50. The molecule has 0 heterocycles. The minimum atomic E-state index is -0.353. The molecule has 2 aromatic rings. The molecule has 0 radical (unpaired) electrons. The fraction of sp³-hybridized carbons (Fsp3) is 0.200. The number of hydrogen-bond acceptors (Lipinski definition) is 2. The third-order valence-electron chi connectivity index (χ3n) is 2.86. The van der Waals surface area contributed by atoms with Gasteiger partial charge in [-0.3, -0.25) is 4.90 Å². The number of hydrogen-bond donors (Lipinski definition) is 1. The first-order valence-corrected chi connectivity index (χ1v) is 6.81. The van der Waals surface area contributed by atoms with Crippen LogP contribution in [0.25, 0.3) is 0 Å². The van der Waals surface area contributed by atoms with E-state index in [2.05, 4.69) is 33.0 Å². The highest BCUT2D eigenvalue weighted by Crippen LogP contribution is 2.16. The number of halogens is 2. The molecule has 4 heteroatoms. The smallest absolute Gasteiger partial charge is 0.146 e.